The van der Waals surface area contributed by atoms with Crippen LogP contribution in [0.3, 0.4) is 0 Å². The van der Waals surface area contributed by atoms with E-state index in [1.807, 2.05) is 6.92 Å². The monoisotopic (exact) mass is 300 g/mol. The number of nitrogens with one attached hydrogen (secondary N) is 1. The Kier molecular flexibility index (Phi) is 5.46. The van der Waals surface area contributed by atoms with Crippen molar-refractivity contribution in [1.29, 1.82) is 0 Å². The van der Waals surface area contributed by atoms with Crippen LogP contribution in [0.1, 0.15) is 19.4 Å². The molecule has 0 aliphatic heterocycles. The van der Waals surface area contributed by atoms with Crippen molar-refractivity contribution in [2.24, 2.45) is 0 Å². The molecule has 0 saturated heterocycles. The lowest BCUT2D eigenvalue weighted by atomic mass is 10.3. The summed E-state index contributed by atoms with van der Waals surface area (Å²) >= 11 is 0. The normalized spacial score (nSPS) is 11.4. The lowest BCUT2D eigenvalue weighted by Gasteiger charge is -2.25. The predicted octanol–water partition coefficient (Wildman–Crippen LogP) is 1.44. The summed E-state index contributed by atoms with van der Waals surface area (Å²) in [6.07, 6.45) is 1.55. The highest BCUT2D eigenvalue weighted by Crippen LogP contribution is 2.10. The molecular formula is C12H20N4O3S. The van der Waals surface area contributed by atoms with E-state index >= 15 is 0 Å². The quantitative estimate of drug-likeness (QED) is 0.892. The molecule has 0 unspecified atom stereocenters. The maximum absolute atomic E-state index is 12.2. The average Bonchev–Trinajstić information content (AvgIpc) is 2.38. The summed E-state index contributed by atoms with van der Waals surface area (Å²) in [6.45, 7) is 5.90. The van der Waals surface area contributed by atoms with Crippen LogP contribution in [-0.4, -0.2) is 48.2 Å². The first kappa shape index (κ1) is 16.4. The molecule has 0 saturated carbocycles. The maximum Gasteiger partial charge on any atom is 0.337 e. The number of pyridine rings is 1. The molecule has 0 atom stereocenters. The van der Waals surface area contributed by atoms with E-state index in [1.165, 1.54) is 11.4 Å². The molecule has 2 amide bonds. The van der Waals surface area contributed by atoms with Crippen molar-refractivity contribution in [3.63, 3.8) is 0 Å². The van der Waals surface area contributed by atoms with E-state index in [9.17, 15) is 13.2 Å². The first-order chi connectivity index (χ1) is 9.32. The summed E-state index contributed by atoms with van der Waals surface area (Å²) in [5, 5.41) is 2.46. The van der Waals surface area contributed by atoms with Crippen LogP contribution in [0.15, 0.2) is 18.3 Å². The van der Waals surface area contributed by atoms with E-state index in [0.29, 0.717) is 23.2 Å². The van der Waals surface area contributed by atoms with Gasteiger partial charge in [-0.2, -0.15) is 12.7 Å². The van der Waals surface area contributed by atoms with Gasteiger partial charge in [0.05, 0.1) is 0 Å². The average molecular weight is 300 g/mol. The van der Waals surface area contributed by atoms with Gasteiger partial charge in [-0.3, -0.25) is 5.32 Å². The van der Waals surface area contributed by atoms with Gasteiger partial charge in [-0.05, 0) is 24.6 Å². The van der Waals surface area contributed by atoms with Gasteiger partial charge in [0.15, 0.2) is 0 Å². The molecule has 0 radical (unpaired) electrons. The molecular weight excluding hydrogens is 280 g/mol. The highest BCUT2D eigenvalue weighted by molar-refractivity contribution is 7.87. The van der Waals surface area contributed by atoms with Crippen LogP contribution in [0.25, 0.3) is 0 Å². The predicted molar refractivity (Wildman–Crippen MR) is 77.6 cm³/mol. The Hall–Kier alpha value is -1.67. The van der Waals surface area contributed by atoms with Crippen molar-refractivity contribution in [2.45, 2.75) is 20.8 Å². The van der Waals surface area contributed by atoms with Crippen molar-refractivity contribution < 1.29 is 13.2 Å². The van der Waals surface area contributed by atoms with Gasteiger partial charge in [-0.15, -0.1) is 0 Å². The number of urea groups is 1. The van der Waals surface area contributed by atoms with Crippen LogP contribution < -0.4 is 5.32 Å². The summed E-state index contributed by atoms with van der Waals surface area (Å²) < 4.78 is 26.2. The van der Waals surface area contributed by atoms with Crippen molar-refractivity contribution >= 4 is 22.1 Å². The minimum Gasteiger partial charge on any atom is -0.291 e. The third-order valence-electron chi connectivity index (χ3n) is 2.81. The number of aryl methyl sites for hydroxylation is 1. The molecule has 1 N–H and O–H groups in total. The van der Waals surface area contributed by atoms with Crippen LogP contribution in [0, 0.1) is 6.92 Å². The van der Waals surface area contributed by atoms with Gasteiger partial charge in [0, 0.05) is 26.3 Å². The molecule has 0 aliphatic rings. The molecule has 1 aromatic heterocycles. The van der Waals surface area contributed by atoms with Crippen molar-refractivity contribution in [3.05, 3.63) is 23.9 Å². The number of hydrogen-bond acceptors (Lipinski definition) is 4. The Morgan fingerprint density at radius 1 is 1.35 bits per heavy atom. The van der Waals surface area contributed by atoms with E-state index in [2.05, 4.69) is 10.3 Å². The second-order valence-electron chi connectivity index (χ2n) is 4.21. The standard InChI is InChI=1S/C12H20N4O3S/c1-5-16(6-2)20(18,19)15(4)12(17)14-11-9-10(3)7-8-13-11/h7-9H,5-6H2,1-4H3,(H,13,14,17). The zero-order valence-corrected chi connectivity index (χ0v) is 12.9. The topological polar surface area (TPSA) is 82.6 Å². The fraction of sp³-hybridized carbons (Fsp3) is 0.500. The second kappa shape index (κ2) is 6.67. The first-order valence-electron chi connectivity index (χ1n) is 6.30. The number of amides is 2. The molecule has 112 valence electrons. The first-order valence-corrected chi connectivity index (χ1v) is 7.70. The molecule has 8 heteroatoms. The molecule has 0 bridgehead atoms. The summed E-state index contributed by atoms with van der Waals surface area (Å²) in [7, 11) is -2.58. The lowest BCUT2D eigenvalue weighted by Crippen LogP contribution is -2.46. The Morgan fingerprint density at radius 3 is 2.45 bits per heavy atom. The molecule has 1 aromatic rings. The van der Waals surface area contributed by atoms with Crippen molar-refractivity contribution in [2.75, 3.05) is 25.5 Å². The van der Waals surface area contributed by atoms with E-state index in [-0.39, 0.29) is 0 Å². The summed E-state index contributed by atoms with van der Waals surface area (Å²) in [5.41, 5.74) is 0.921. The highest BCUT2D eigenvalue weighted by Gasteiger charge is 2.28. The Bertz CT molecular complexity index is 570. The zero-order valence-electron chi connectivity index (χ0n) is 12.1. The van der Waals surface area contributed by atoms with Gasteiger partial charge in [0.2, 0.25) is 0 Å². The summed E-state index contributed by atoms with van der Waals surface area (Å²) in [5.74, 6) is 0.316. The molecule has 20 heavy (non-hydrogen) atoms. The second-order valence-corrected chi connectivity index (χ2v) is 6.17. The summed E-state index contributed by atoms with van der Waals surface area (Å²) in [4.78, 5) is 15.9. The molecule has 1 rings (SSSR count). The third kappa shape index (κ3) is 3.67. The number of hydrogen-bond donors (Lipinski definition) is 1. The van der Waals surface area contributed by atoms with E-state index in [0.717, 1.165) is 5.56 Å². The number of carbonyl (C=O) groups excluding carboxylic acids is 1. The van der Waals surface area contributed by atoms with Gasteiger partial charge in [-0.25, -0.2) is 14.1 Å². The zero-order chi connectivity index (χ0) is 15.3. The number of anilines is 1. The van der Waals surface area contributed by atoms with Crippen molar-refractivity contribution in [3.8, 4) is 0 Å². The highest BCUT2D eigenvalue weighted by atomic mass is 32.2. The van der Waals surface area contributed by atoms with Gasteiger partial charge >= 0.3 is 16.2 Å². The Balaban J connectivity index is 2.87. The number of aromatic nitrogens is 1. The minimum absolute atomic E-state index is 0.305. The minimum atomic E-state index is -3.80. The smallest absolute Gasteiger partial charge is 0.291 e. The van der Waals surface area contributed by atoms with Gasteiger partial charge in [0.1, 0.15) is 5.82 Å². The van der Waals surface area contributed by atoms with Crippen LogP contribution in [0.4, 0.5) is 10.6 Å². The molecule has 1 heterocycles. The van der Waals surface area contributed by atoms with Gasteiger partial charge in [0.25, 0.3) is 0 Å². The van der Waals surface area contributed by atoms with Crippen LogP contribution in [-0.2, 0) is 10.2 Å². The van der Waals surface area contributed by atoms with E-state index in [4.69, 9.17) is 0 Å². The molecule has 7 nitrogen and oxygen atoms in total. The molecule has 0 spiro atoms. The fourth-order valence-corrected chi connectivity index (χ4v) is 2.87. The van der Waals surface area contributed by atoms with Crippen LogP contribution in [0.5, 0.6) is 0 Å². The molecule has 0 fully saturated rings. The summed E-state index contributed by atoms with van der Waals surface area (Å²) in [6, 6.07) is 2.71. The van der Waals surface area contributed by atoms with E-state index in [1.54, 1.807) is 32.2 Å². The fourth-order valence-electron chi connectivity index (χ4n) is 1.62. The third-order valence-corrected chi connectivity index (χ3v) is 4.84. The lowest BCUT2D eigenvalue weighted by molar-refractivity contribution is 0.238. The maximum atomic E-state index is 12.2. The Morgan fingerprint density at radius 2 is 1.95 bits per heavy atom. The Labute approximate surface area is 119 Å². The van der Waals surface area contributed by atoms with E-state index < -0.39 is 16.2 Å². The van der Waals surface area contributed by atoms with Gasteiger partial charge < -0.3 is 0 Å². The van der Waals surface area contributed by atoms with Crippen molar-refractivity contribution in [1.82, 2.24) is 13.6 Å². The number of carbonyl (C=O) groups is 1. The van der Waals surface area contributed by atoms with Gasteiger partial charge in [-0.1, -0.05) is 13.8 Å². The SMILES string of the molecule is CCN(CC)S(=O)(=O)N(C)C(=O)Nc1cc(C)ccn1. The number of nitrogens with zero attached hydrogens (tertiary/aromatic N) is 3. The largest absolute Gasteiger partial charge is 0.337 e. The molecule has 0 aromatic carbocycles. The van der Waals surface area contributed by atoms with Crippen LogP contribution in [0.2, 0.25) is 0 Å². The van der Waals surface area contributed by atoms with Crippen LogP contribution >= 0.6 is 0 Å². The molecule has 0 aliphatic carbocycles. The number of rotatable bonds is 5.